The lowest BCUT2D eigenvalue weighted by Gasteiger charge is -2.19. The molecular formula is C25H20F3N5O2. The quantitative estimate of drug-likeness (QED) is 0.455. The van der Waals surface area contributed by atoms with Gasteiger partial charge in [-0.05, 0) is 42.5 Å². The topological polar surface area (TPSA) is 70.5 Å². The zero-order chi connectivity index (χ0) is 24.5. The lowest BCUT2D eigenvalue weighted by Crippen LogP contribution is -2.39. The second-order valence-corrected chi connectivity index (χ2v) is 8.09. The molecule has 7 nitrogen and oxygen atoms in total. The Kier molecular flexibility index (Phi) is 5.86. The maximum absolute atomic E-state index is 14.3. The number of urea groups is 1. The number of hydrogen-bond acceptors (Lipinski definition) is 3. The molecular weight excluding hydrogens is 459 g/mol. The van der Waals surface area contributed by atoms with E-state index in [0.29, 0.717) is 35.4 Å². The van der Waals surface area contributed by atoms with E-state index in [-0.39, 0.29) is 24.7 Å². The fraction of sp³-hybridized carbons (Fsp3) is 0.160. The van der Waals surface area contributed by atoms with E-state index in [9.17, 15) is 22.8 Å². The van der Waals surface area contributed by atoms with Gasteiger partial charge < -0.3 is 10.2 Å². The first-order valence-corrected chi connectivity index (χ1v) is 10.9. The van der Waals surface area contributed by atoms with Crippen molar-refractivity contribution in [1.82, 2.24) is 20.0 Å². The number of carbonyl (C=O) groups excluding carboxylic acids is 2. The van der Waals surface area contributed by atoms with Gasteiger partial charge in [-0.15, -0.1) is 0 Å². The molecule has 1 aromatic heterocycles. The molecule has 1 aliphatic rings. The molecule has 3 aromatic carbocycles. The fourth-order valence-electron chi connectivity index (χ4n) is 4.14. The molecule has 35 heavy (non-hydrogen) atoms. The molecule has 1 aliphatic heterocycles. The van der Waals surface area contributed by atoms with Crippen molar-refractivity contribution in [3.05, 3.63) is 89.9 Å². The van der Waals surface area contributed by atoms with Gasteiger partial charge in [0.25, 0.3) is 0 Å². The van der Waals surface area contributed by atoms with Gasteiger partial charge in [-0.25, -0.2) is 22.6 Å². The van der Waals surface area contributed by atoms with E-state index in [1.165, 1.54) is 20.5 Å². The third kappa shape index (κ3) is 4.30. The summed E-state index contributed by atoms with van der Waals surface area (Å²) in [5.41, 5.74) is 1.54. The maximum Gasteiger partial charge on any atom is 0.325 e. The number of hydrogen-bond donors (Lipinski definition) is 1. The van der Waals surface area contributed by atoms with Crippen LogP contribution in [-0.4, -0.2) is 46.3 Å². The summed E-state index contributed by atoms with van der Waals surface area (Å²) in [6.45, 7) is 0.229. The summed E-state index contributed by atoms with van der Waals surface area (Å²) in [5.74, 6) is -2.14. The smallest absolute Gasteiger partial charge is 0.325 e. The van der Waals surface area contributed by atoms with Gasteiger partial charge in [0.2, 0.25) is 5.91 Å². The predicted octanol–water partition coefficient (Wildman–Crippen LogP) is 4.00. The summed E-state index contributed by atoms with van der Waals surface area (Å²) in [6.07, 6.45) is 1.58. The SMILES string of the molecule is O=C(CN1CCN(c2cccc3c2cnn3-c2ccccc2F)C1=O)NCc1cc(F)ccc1F. The van der Waals surface area contributed by atoms with Crippen molar-refractivity contribution < 1.29 is 22.8 Å². The number of amides is 3. The Labute approximate surface area is 198 Å². The van der Waals surface area contributed by atoms with Gasteiger partial charge >= 0.3 is 6.03 Å². The van der Waals surface area contributed by atoms with Crippen molar-refractivity contribution >= 4 is 28.5 Å². The highest BCUT2D eigenvalue weighted by Crippen LogP contribution is 2.31. The Balaban J connectivity index is 1.30. The van der Waals surface area contributed by atoms with Crippen molar-refractivity contribution in [2.45, 2.75) is 6.54 Å². The Morgan fingerprint density at radius 3 is 2.57 bits per heavy atom. The van der Waals surface area contributed by atoms with Gasteiger partial charge in [0.1, 0.15) is 29.7 Å². The highest BCUT2D eigenvalue weighted by molar-refractivity contribution is 6.04. The largest absolute Gasteiger partial charge is 0.350 e. The monoisotopic (exact) mass is 479 g/mol. The first kappa shape index (κ1) is 22.5. The number of halogens is 3. The molecule has 178 valence electrons. The molecule has 0 aliphatic carbocycles. The summed E-state index contributed by atoms with van der Waals surface area (Å²) in [7, 11) is 0. The molecule has 0 unspecified atom stereocenters. The van der Waals surface area contributed by atoms with Crippen LogP contribution in [0.1, 0.15) is 5.56 Å². The van der Waals surface area contributed by atoms with Crippen LogP contribution in [0, 0.1) is 17.5 Å². The Morgan fingerprint density at radius 1 is 0.943 bits per heavy atom. The summed E-state index contributed by atoms with van der Waals surface area (Å²) < 4.78 is 42.9. The van der Waals surface area contributed by atoms with Gasteiger partial charge in [-0.1, -0.05) is 18.2 Å². The van der Waals surface area contributed by atoms with Gasteiger partial charge in [0, 0.05) is 30.6 Å². The number of aromatic nitrogens is 2. The van der Waals surface area contributed by atoms with E-state index in [4.69, 9.17) is 0 Å². The molecule has 0 saturated carbocycles. The van der Waals surface area contributed by atoms with Crippen LogP contribution >= 0.6 is 0 Å². The number of nitrogens with zero attached hydrogens (tertiary/aromatic N) is 4. The van der Waals surface area contributed by atoms with Gasteiger partial charge in [-0.3, -0.25) is 9.69 Å². The molecule has 0 radical (unpaired) electrons. The molecule has 1 saturated heterocycles. The first-order chi connectivity index (χ1) is 16.9. The minimum atomic E-state index is -0.626. The number of para-hydroxylation sites is 1. The first-order valence-electron chi connectivity index (χ1n) is 10.9. The lowest BCUT2D eigenvalue weighted by molar-refractivity contribution is -0.121. The predicted molar refractivity (Wildman–Crippen MR) is 124 cm³/mol. The summed E-state index contributed by atoms with van der Waals surface area (Å²) in [5, 5.41) is 7.50. The molecule has 1 N–H and O–H groups in total. The fourth-order valence-corrected chi connectivity index (χ4v) is 4.14. The normalized spacial score (nSPS) is 13.6. The highest BCUT2D eigenvalue weighted by Gasteiger charge is 2.32. The molecule has 5 rings (SSSR count). The van der Waals surface area contributed by atoms with E-state index in [2.05, 4.69) is 10.4 Å². The molecule has 2 heterocycles. The summed E-state index contributed by atoms with van der Waals surface area (Å²) in [6, 6.07) is 14.2. The molecule has 0 bridgehead atoms. The van der Waals surface area contributed by atoms with E-state index < -0.39 is 23.4 Å². The highest BCUT2D eigenvalue weighted by atomic mass is 19.1. The zero-order valence-corrected chi connectivity index (χ0v) is 18.4. The van der Waals surface area contributed by atoms with Crippen molar-refractivity contribution in [2.75, 3.05) is 24.5 Å². The second kappa shape index (κ2) is 9.13. The molecule has 0 atom stereocenters. The summed E-state index contributed by atoms with van der Waals surface area (Å²) >= 11 is 0. The molecule has 3 amide bonds. The number of anilines is 1. The van der Waals surface area contributed by atoms with Crippen LogP contribution in [-0.2, 0) is 11.3 Å². The Morgan fingerprint density at radius 2 is 1.74 bits per heavy atom. The third-order valence-electron chi connectivity index (χ3n) is 5.88. The molecule has 1 fully saturated rings. The number of carbonyl (C=O) groups is 2. The summed E-state index contributed by atoms with van der Waals surface area (Å²) in [4.78, 5) is 28.3. The minimum absolute atomic E-state index is 0.0197. The zero-order valence-electron chi connectivity index (χ0n) is 18.4. The molecule has 10 heteroatoms. The maximum atomic E-state index is 14.3. The van der Waals surface area contributed by atoms with Crippen molar-refractivity contribution in [1.29, 1.82) is 0 Å². The number of fused-ring (bicyclic) bond motifs is 1. The number of benzene rings is 3. The standard InChI is InChI=1S/C25H20F3N5O2/c26-17-8-9-19(27)16(12-17)13-29-24(34)15-31-10-11-32(25(31)35)21-6-3-7-22-18(21)14-30-33(22)23-5-2-1-4-20(23)28/h1-9,12,14H,10-11,13,15H2,(H,29,34). The van der Waals surface area contributed by atoms with Crippen molar-refractivity contribution in [3.8, 4) is 5.69 Å². The Hall–Kier alpha value is -4.34. The van der Waals surface area contributed by atoms with Crippen LogP contribution in [0.4, 0.5) is 23.7 Å². The average Bonchev–Trinajstić information content (AvgIpc) is 3.44. The minimum Gasteiger partial charge on any atom is -0.350 e. The van der Waals surface area contributed by atoms with Crippen LogP contribution in [0.5, 0.6) is 0 Å². The van der Waals surface area contributed by atoms with Crippen LogP contribution in [0.2, 0.25) is 0 Å². The molecule has 0 spiro atoms. The van der Waals surface area contributed by atoms with Crippen LogP contribution in [0.3, 0.4) is 0 Å². The van der Waals surface area contributed by atoms with Gasteiger partial charge in [0.05, 0.1) is 17.4 Å². The number of rotatable bonds is 6. The molecule has 4 aromatic rings. The van der Waals surface area contributed by atoms with E-state index >= 15 is 0 Å². The number of nitrogens with one attached hydrogen (secondary N) is 1. The van der Waals surface area contributed by atoms with Crippen LogP contribution in [0.15, 0.2) is 66.9 Å². The second-order valence-electron chi connectivity index (χ2n) is 8.09. The Bertz CT molecular complexity index is 1440. The van der Waals surface area contributed by atoms with E-state index in [1.807, 2.05) is 0 Å². The van der Waals surface area contributed by atoms with Crippen molar-refractivity contribution in [3.63, 3.8) is 0 Å². The van der Waals surface area contributed by atoms with Crippen LogP contribution < -0.4 is 10.2 Å². The van der Waals surface area contributed by atoms with E-state index in [1.54, 1.807) is 42.6 Å². The van der Waals surface area contributed by atoms with Crippen LogP contribution in [0.25, 0.3) is 16.6 Å². The lowest BCUT2D eigenvalue weighted by atomic mass is 10.2. The van der Waals surface area contributed by atoms with Gasteiger partial charge in [-0.2, -0.15) is 5.10 Å². The third-order valence-corrected chi connectivity index (χ3v) is 5.88. The van der Waals surface area contributed by atoms with Crippen molar-refractivity contribution in [2.24, 2.45) is 0 Å². The van der Waals surface area contributed by atoms with E-state index in [0.717, 1.165) is 18.2 Å². The van der Waals surface area contributed by atoms with Gasteiger partial charge in [0.15, 0.2) is 0 Å². The average molecular weight is 479 g/mol.